The number of halogens is 1. The largest absolute Gasteiger partial charge is 0.373 e. The van der Waals surface area contributed by atoms with Crippen molar-refractivity contribution in [3.63, 3.8) is 0 Å². The van der Waals surface area contributed by atoms with Gasteiger partial charge in [-0.05, 0) is 12.1 Å². The summed E-state index contributed by atoms with van der Waals surface area (Å²) in [6, 6.07) is 9.96. The number of likely N-dealkylation sites (N-methyl/N-ethyl adjacent to an activating group) is 1. The molecule has 6 heteroatoms. The van der Waals surface area contributed by atoms with Gasteiger partial charge in [-0.2, -0.15) is 0 Å². The zero-order valence-corrected chi connectivity index (χ0v) is 11.8. The Bertz CT molecular complexity index is 576. The van der Waals surface area contributed by atoms with E-state index in [0.29, 0.717) is 13.1 Å². The van der Waals surface area contributed by atoms with Gasteiger partial charge in [0.15, 0.2) is 0 Å². The lowest BCUT2D eigenvalue weighted by Gasteiger charge is -2.19. The molecule has 0 fully saturated rings. The van der Waals surface area contributed by atoms with Crippen molar-refractivity contribution in [3.8, 4) is 0 Å². The Morgan fingerprint density at radius 3 is 2.75 bits per heavy atom. The van der Waals surface area contributed by atoms with Crippen LogP contribution in [0.2, 0.25) is 5.15 Å². The van der Waals surface area contributed by atoms with Crippen LogP contribution in [0.5, 0.6) is 0 Å². The number of rotatable bonds is 5. The Labute approximate surface area is 122 Å². The second kappa shape index (κ2) is 6.86. The highest BCUT2D eigenvalue weighted by Gasteiger charge is 2.08. The van der Waals surface area contributed by atoms with E-state index in [-0.39, 0.29) is 16.8 Å². The SMILES string of the molecule is CN(CCNC(=O)c1cncc(Cl)n1)c1ccccc1. The van der Waals surface area contributed by atoms with Gasteiger partial charge in [-0.3, -0.25) is 9.78 Å². The van der Waals surface area contributed by atoms with Gasteiger partial charge in [0.05, 0.1) is 12.4 Å². The molecule has 0 bridgehead atoms. The van der Waals surface area contributed by atoms with Crippen molar-refractivity contribution in [2.75, 3.05) is 25.0 Å². The average Bonchev–Trinajstić information content (AvgIpc) is 2.48. The van der Waals surface area contributed by atoms with Crippen LogP contribution in [-0.4, -0.2) is 36.0 Å². The van der Waals surface area contributed by atoms with Crippen molar-refractivity contribution in [1.82, 2.24) is 15.3 Å². The van der Waals surface area contributed by atoms with Gasteiger partial charge in [0.2, 0.25) is 0 Å². The van der Waals surface area contributed by atoms with Crippen LogP contribution in [0.1, 0.15) is 10.5 Å². The summed E-state index contributed by atoms with van der Waals surface area (Å²) in [4.78, 5) is 21.6. The average molecular weight is 291 g/mol. The van der Waals surface area contributed by atoms with Crippen molar-refractivity contribution in [1.29, 1.82) is 0 Å². The maximum absolute atomic E-state index is 11.8. The first-order chi connectivity index (χ1) is 9.66. The molecule has 2 aromatic rings. The molecule has 1 amide bonds. The van der Waals surface area contributed by atoms with Crippen LogP contribution in [0, 0.1) is 0 Å². The highest BCUT2D eigenvalue weighted by atomic mass is 35.5. The molecule has 0 aliphatic heterocycles. The van der Waals surface area contributed by atoms with E-state index in [1.807, 2.05) is 37.4 Å². The maximum atomic E-state index is 11.8. The lowest BCUT2D eigenvalue weighted by Crippen LogP contribution is -2.33. The molecule has 2 rings (SSSR count). The number of nitrogens with zero attached hydrogens (tertiary/aromatic N) is 3. The fourth-order valence-electron chi connectivity index (χ4n) is 1.69. The number of hydrogen-bond acceptors (Lipinski definition) is 4. The smallest absolute Gasteiger partial charge is 0.271 e. The molecule has 1 heterocycles. The number of aromatic nitrogens is 2. The second-order valence-electron chi connectivity index (χ2n) is 4.24. The first kappa shape index (κ1) is 14.3. The Hall–Kier alpha value is -2.14. The lowest BCUT2D eigenvalue weighted by molar-refractivity contribution is 0.0949. The fourth-order valence-corrected chi connectivity index (χ4v) is 1.84. The number of anilines is 1. The number of carbonyl (C=O) groups excluding carboxylic acids is 1. The Kier molecular flexibility index (Phi) is 4.90. The third-order valence-corrected chi connectivity index (χ3v) is 2.95. The second-order valence-corrected chi connectivity index (χ2v) is 4.63. The Morgan fingerprint density at radius 2 is 2.05 bits per heavy atom. The van der Waals surface area contributed by atoms with E-state index >= 15 is 0 Å². The van der Waals surface area contributed by atoms with E-state index < -0.39 is 0 Å². The number of benzene rings is 1. The summed E-state index contributed by atoms with van der Waals surface area (Å²) >= 11 is 5.69. The van der Waals surface area contributed by atoms with E-state index in [1.54, 1.807) is 0 Å². The monoisotopic (exact) mass is 290 g/mol. The summed E-state index contributed by atoms with van der Waals surface area (Å²) in [5.74, 6) is -0.276. The van der Waals surface area contributed by atoms with E-state index in [1.165, 1.54) is 12.4 Å². The van der Waals surface area contributed by atoms with Crippen molar-refractivity contribution in [2.45, 2.75) is 0 Å². The molecule has 104 valence electrons. The fraction of sp³-hybridized carbons (Fsp3) is 0.214. The van der Waals surface area contributed by atoms with Gasteiger partial charge in [-0.25, -0.2) is 4.98 Å². The van der Waals surface area contributed by atoms with E-state index in [2.05, 4.69) is 20.2 Å². The zero-order valence-electron chi connectivity index (χ0n) is 11.1. The molecule has 0 atom stereocenters. The normalized spacial score (nSPS) is 10.1. The molecule has 1 aromatic heterocycles. The molecule has 0 radical (unpaired) electrons. The van der Waals surface area contributed by atoms with Crippen LogP contribution in [0.4, 0.5) is 5.69 Å². The van der Waals surface area contributed by atoms with E-state index in [0.717, 1.165) is 5.69 Å². The molecule has 0 spiro atoms. The summed E-state index contributed by atoms with van der Waals surface area (Å²) in [7, 11) is 1.97. The topological polar surface area (TPSA) is 58.1 Å². The summed E-state index contributed by atoms with van der Waals surface area (Å²) in [5, 5.41) is 2.99. The van der Waals surface area contributed by atoms with Gasteiger partial charge in [0, 0.05) is 25.8 Å². The third kappa shape index (κ3) is 3.93. The molecule has 0 aliphatic carbocycles. The van der Waals surface area contributed by atoms with Crippen molar-refractivity contribution in [3.05, 3.63) is 53.6 Å². The van der Waals surface area contributed by atoms with Gasteiger partial charge >= 0.3 is 0 Å². The molecule has 0 unspecified atom stereocenters. The number of nitrogens with one attached hydrogen (secondary N) is 1. The molecule has 0 saturated carbocycles. The van der Waals surface area contributed by atoms with Gasteiger partial charge in [0.1, 0.15) is 10.8 Å². The molecular weight excluding hydrogens is 276 g/mol. The molecule has 20 heavy (non-hydrogen) atoms. The Balaban J connectivity index is 1.83. The van der Waals surface area contributed by atoms with Gasteiger partial charge in [-0.1, -0.05) is 29.8 Å². The number of para-hydroxylation sites is 1. The molecule has 5 nitrogen and oxygen atoms in total. The molecule has 0 aliphatic rings. The van der Waals surface area contributed by atoms with Crippen LogP contribution >= 0.6 is 11.6 Å². The minimum Gasteiger partial charge on any atom is -0.373 e. The first-order valence-electron chi connectivity index (χ1n) is 6.19. The van der Waals surface area contributed by atoms with E-state index in [9.17, 15) is 4.79 Å². The summed E-state index contributed by atoms with van der Waals surface area (Å²) in [6.45, 7) is 1.21. The maximum Gasteiger partial charge on any atom is 0.271 e. The first-order valence-corrected chi connectivity index (χ1v) is 6.56. The van der Waals surface area contributed by atoms with E-state index in [4.69, 9.17) is 11.6 Å². The van der Waals surface area contributed by atoms with Crippen molar-refractivity contribution >= 4 is 23.2 Å². The Morgan fingerprint density at radius 1 is 1.30 bits per heavy atom. The number of amides is 1. The summed E-state index contributed by atoms with van der Waals surface area (Å²) in [6.07, 6.45) is 2.78. The van der Waals surface area contributed by atoms with Crippen LogP contribution < -0.4 is 10.2 Å². The minimum atomic E-state index is -0.276. The minimum absolute atomic E-state index is 0.207. The standard InChI is InChI=1S/C14H15ClN4O/c1-19(11-5-3-2-4-6-11)8-7-17-14(20)12-9-16-10-13(15)18-12/h2-6,9-10H,7-8H2,1H3,(H,17,20). The zero-order chi connectivity index (χ0) is 14.4. The molecule has 1 aromatic carbocycles. The van der Waals surface area contributed by atoms with Crippen molar-refractivity contribution < 1.29 is 4.79 Å². The van der Waals surface area contributed by atoms with Crippen molar-refractivity contribution in [2.24, 2.45) is 0 Å². The summed E-state index contributed by atoms with van der Waals surface area (Å²) in [5.41, 5.74) is 1.32. The van der Waals surface area contributed by atoms with Crippen LogP contribution in [0.25, 0.3) is 0 Å². The lowest BCUT2D eigenvalue weighted by atomic mass is 10.3. The molecule has 1 N–H and O–H groups in total. The molecule has 0 saturated heterocycles. The van der Waals surface area contributed by atoms with Crippen LogP contribution in [0.15, 0.2) is 42.7 Å². The molecular formula is C14H15ClN4O. The predicted molar refractivity (Wildman–Crippen MR) is 79.1 cm³/mol. The predicted octanol–water partition coefficient (Wildman–Crippen LogP) is 2.00. The van der Waals surface area contributed by atoms with Gasteiger partial charge in [0.25, 0.3) is 5.91 Å². The third-order valence-electron chi connectivity index (χ3n) is 2.77. The highest BCUT2D eigenvalue weighted by molar-refractivity contribution is 6.29. The van der Waals surface area contributed by atoms with Crippen LogP contribution in [-0.2, 0) is 0 Å². The number of hydrogen-bond donors (Lipinski definition) is 1. The highest BCUT2D eigenvalue weighted by Crippen LogP contribution is 2.09. The van der Waals surface area contributed by atoms with Crippen LogP contribution in [0.3, 0.4) is 0 Å². The quantitative estimate of drug-likeness (QED) is 0.915. The number of carbonyl (C=O) groups is 1. The van der Waals surface area contributed by atoms with Gasteiger partial charge < -0.3 is 10.2 Å². The van der Waals surface area contributed by atoms with Gasteiger partial charge in [-0.15, -0.1) is 0 Å². The summed E-state index contributed by atoms with van der Waals surface area (Å²) < 4.78 is 0.